The SMILES string of the molecule is O=[N+]([O-])c1ccsc1-c1c(O)cccc1O. The summed E-state index contributed by atoms with van der Waals surface area (Å²) in [5, 5.41) is 31.5. The number of nitrogens with zero attached hydrogens (tertiary/aromatic N) is 1. The molecule has 0 aliphatic rings. The van der Waals surface area contributed by atoms with Gasteiger partial charge < -0.3 is 10.2 Å². The molecule has 0 radical (unpaired) electrons. The molecule has 0 unspecified atom stereocenters. The Balaban J connectivity index is 2.68. The highest BCUT2D eigenvalue weighted by molar-refractivity contribution is 7.14. The van der Waals surface area contributed by atoms with E-state index in [1.807, 2.05) is 0 Å². The molecule has 0 spiro atoms. The Hall–Kier alpha value is -2.08. The fourth-order valence-electron chi connectivity index (χ4n) is 1.39. The van der Waals surface area contributed by atoms with Crippen LogP contribution < -0.4 is 0 Å². The van der Waals surface area contributed by atoms with Crippen molar-refractivity contribution in [3.05, 3.63) is 39.8 Å². The molecule has 0 aliphatic heterocycles. The predicted octanol–water partition coefficient (Wildman–Crippen LogP) is 2.73. The summed E-state index contributed by atoms with van der Waals surface area (Å²) < 4.78 is 0. The summed E-state index contributed by atoms with van der Waals surface area (Å²) in [5.41, 5.74) is -0.0222. The standard InChI is InChI=1S/C10H7NO4S/c12-7-2-1-3-8(13)9(7)10-6(11(14)15)4-5-16-10/h1-5,12-13H. The number of thiophene rings is 1. The quantitative estimate of drug-likeness (QED) is 0.621. The predicted molar refractivity (Wildman–Crippen MR) is 59.7 cm³/mol. The Labute approximate surface area is 94.4 Å². The van der Waals surface area contributed by atoms with E-state index in [1.165, 1.54) is 24.3 Å². The van der Waals surface area contributed by atoms with Crippen molar-refractivity contribution in [2.45, 2.75) is 0 Å². The highest BCUT2D eigenvalue weighted by atomic mass is 32.1. The number of nitro groups is 1. The van der Waals surface area contributed by atoms with Gasteiger partial charge in [-0.05, 0) is 17.5 Å². The third-order valence-corrected chi connectivity index (χ3v) is 3.01. The first kappa shape index (κ1) is 10.4. The first-order valence-electron chi connectivity index (χ1n) is 4.34. The maximum atomic E-state index is 10.7. The molecule has 0 amide bonds. The van der Waals surface area contributed by atoms with Gasteiger partial charge in [0, 0.05) is 6.07 Å². The zero-order valence-corrected chi connectivity index (χ0v) is 8.77. The topological polar surface area (TPSA) is 83.6 Å². The Morgan fingerprint density at radius 1 is 1.19 bits per heavy atom. The van der Waals surface area contributed by atoms with Crippen LogP contribution in [0.2, 0.25) is 0 Å². The van der Waals surface area contributed by atoms with E-state index in [-0.39, 0.29) is 27.6 Å². The Morgan fingerprint density at radius 3 is 2.38 bits per heavy atom. The van der Waals surface area contributed by atoms with Gasteiger partial charge in [0.2, 0.25) is 0 Å². The van der Waals surface area contributed by atoms with Crippen LogP contribution in [0.3, 0.4) is 0 Å². The van der Waals surface area contributed by atoms with Gasteiger partial charge in [-0.2, -0.15) is 0 Å². The average molecular weight is 237 g/mol. The summed E-state index contributed by atoms with van der Waals surface area (Å²) in [4.78, 5) is 10.4. The molecule has 16 heavy (non-hydrogen) atoms. The van der Waals surface area contributed by atoms with Crippen LogP contribution in [-0.2, 0) is 0 Å². The molecule has 1 aromatic carbocycles. The number of hydrogen-bond donors (Lipinski definition) is 2. The van der Waals surface area contributed by atoms with Gasteiger partial charge in [-0.25, -0.2) is 0 Å². The summed E-state index contributed by atoms with van der Waals surface area (Å²) in [6, 6.07) is 5.55. The summed E-state index contributed by atoms with van der Waals surface area (Å²) in [6.45, 7) is 0. The normalized spacial score (nSPS) is 10.2. The molecule has 0 saturated heterocycles. The van der Waals surface area contributed by atoms with Gasteiger partial charge in [0.1, 0.15) is 16.4 Å². The summed E-state index contributed by atoms with van der Waals surface area (Å²) in [7, 11) is 0. The fraction of sp³-hybridized carbons (Fsp3) is 0. The number of phenols is 2. The van der Waals surface area contributed by atoms with Gasteiger partial charge in [-0.1, -0.05) is 6.07 Å². The van der Waals surface area contributed by atoms with Crippen LogP contribution in [0.4, 0.5) is 5.69 Å². The molecule has 2 rings (SSSR count). The second-order valence-corrected chi connectivity index (χ2v) is 3.98. The number of rotatable bonds is 2. The van der Waals surface area contributed by atoms with Crippen LogP contribution in [0.5, 0.6) is 11.5 Å². The molecule has 0 aliphatic carbocycles. The van der Waals surface area contributed by atoms with Crippen LogP contribution in [0.15, 0.2) is 29.6 Å². The van der Waals surface area contributed by atoms with Crippen molar-refractivity contribution in [3.8, 4) is 21.9 Å². The smallest absolute Gasteiger partial charge is 0.288 e. The number of benzene rings is 1. The molecule has 82 valence electrons. The van der Waals surface area contributed by atoms with Gasteiger partial charge in [0.25, 0.3) is 5.69 Å². The number of phenolic OH excluding ortho intramolecular Hbond substituents is 2. The van der Waals surface area contributed by atoms with Crippen molar-refractivity contribution >= 4 is 17.0 Å². The lowest BCUT2D eigenvalue weighted by atomic mass is 10.1. The maximum absolute atomic E-state index is 10.7. The van der Waals surface area contributed by atoms with E-state index in [4.69, 9.17) is 0 Å². The summed E-state index contributed by atoms with van der Waals surface area (Å²) in [5.74, 6) is -0.351. The molecule has 5 nitrogen and oxygen atoms in total. The highest BCUT2D eigenvalue weighted by Gasteiger charge is 2.21. The molecule has 0 atom stereocenters. The Bertz CT molecular complexity index is 529. The second kappa shape index (κ2) is 3.82. The molecule has 1 heterocycles. The molecular formula is C10H7NO4S. The average Bonchev–Trinajstić information content (AvgIpc) is 2.66. The van der Waals surface area contributed by atoms with Crippen molar-refractivity contribution in [2.24, 2.45) is 0 Å². The molecule has 1 aromatic heterocycles. The zero-order valence-electron chi connectivity index (χ0n) is 7.95. The lowest BCUT2D eigenvalue weighted by Gasteiger charge is -2.04. The van der Waals surface area contributed by atoms with E-state index in [0.717, 1.165) is 11.3 Å². The fourth-order valence-corrected chi connectivity index (χ4v) is 2.32. The van der Waals surface area contributed by atoms with Crippen LogP contribution >= 0.6 is 11.3 Å². The van der Waals surface area contributed by atoms with Crippen molar-refractivity contribution in [2.75, 3.05) is 0 Å². The number of hydrogen-bond acceptors (Lipinski definition) is 5. The molecule has 6 heteroatoms. The molecule has 2 N–H and O–H groups in total. The van der Waals surface area contributed by atoms with E-state index in [1.54, 1.807) is 5.38 Å². The van der Waals surface area contributed by atoms with Crippen LogP contribution in [0.25, 0.3) is 10.4 Å². The van der Waals surface area contributed by atoms with Gasteiger partial charge in [-0.15, -0.1) is 11.3 Å². The van der Waals surface area contributed by atoms with Gasteiger partial charge in [0.05, 0.1) is 10.5 Å². The van der Waals surface area contributed by atoms with Crippen molar-refractivity contribution in [1.29, 1.82) is 0 Å². The van der Waals surface area contributed by atoms with Gasteiger partial charge in [0.15, 0.2) is 0 Å². The minimum absolute atomic E-state index is 0.101. The molecule has 0 bridgehead atoms. The first-order chi connectivity index (χ1) is 7.61. The van der Waals surface area contributed by atoms with E-state index in [2.05, 4.69) is 0 Å². The van der Waals surface area contributed by atoms with E-state index in [0.29, 0.717) is 0 Å². The van der Waals surface area contributed by atoms with Crippen molar-refractivity contribution in [3.63, 3.8) is 0 Å². The summed E-state index contributed by atoms with van der Waals surface area (Å²) >= 11 is 1.10. The lowest BCUT2D eigenvalue weighted by molar-refractivity contribution is -0.383. The van der Waals surface area contributed by atoms with E-state index in [9.17, 15) is 20.3 Å². The third kappa shape index (κ3) is 1.59. The third-order valence-electron chi connectivity index (χ3n) is 2.09. The van der Waals surface area contributed by atoms with Gasteiger partial charge in [-0.3, -0.25) is 10.1 Å². The van der Waals surface area contributed by atoms with E-state index < -0.39 is 4.92 Å². The van der Waals surface area contributed by atoms with Crippen molar-refractivity contribution in [1.82, 2.24) is 0 Å². The first-order valence-corrected chi connectivity index (χ1v) is 5.22. The molecule has 0 fully saturated rings. The monoisotopic (exact) mass is 237 g/mol. The molecule has 2 aromatic rings. The number of aromatic hydroxyl groups is 2. The highest BCUT2D eigenvalue weighted by Crippen LogP contribution is 2.44. The Morgan fingerprint density at radius 2 is 1.81 bits per heavy atom. The largest absolute Gasteiger partial charge is 0.507 e. The minimum atomic E-state index is -0.544. The van der Waals surface area contributed by atoms with Gasteiger partial charge >= 0.3 is 0 Å². The maximum Gasteiger partial charge on any atom is 0.288 e. The van der Waals surface area contributed by atoms with E-state index >= 15 is 0 Å². The molecular weight excluding hydrogens is 230 g/mol. The molecule has 0 saturated carbocycles. The lowest BCUT2D eigenvalue weighted by Crippen LogP contribution is -1.88. The van der Waals surface area contributed by atoms with Crippen molar-refractivity contribution < 1.29 is 15.1 Å². The zero-order chi connectivity index (χ0) is 11.7. The van der Waals surface area contributed by atoms with Crippen LogP contribution in [0, 0.1) is 10.1 Å². The summed E-state index contributed by atoms with van der Waals surface area (Å²) in [6.07, 6.45) is 0. The Kier molecular flexibility index (Phi) is 2.49. The minimum Gasteiger partial charge on any atom is -0.507 e. The van der Waals surface area contributed by atoms with Crippen LogP contribution in [-0.4, -0.2) is 15.1 Å². The second-order valence-electron chi connectivity index (χ2n) is 3.06. The van der Waals surface area contributed by atoms with Crippen LogP contribution in [0.1, 0.15) is 0 Å².